The van der Waals surface area contributed by atoms with Crippen molar-refractivity contribution in [2.24, 2.45) is 11.5 Å². The zero-order valence-corrected chi connectivity index (χ0v) is 21.1. The van der Waals surface area contributed by atoms with Crippen molar-refractivity contribution >= 4 is 30.0 Å². The van der Waals surface area contributed by atoms with Gasteiger partial charge in [-0.15, -0.1) is 0 Å². The van der Waals surface area contributed by atoms with Gasteiger partial charge >= 0.3 is 30.0 Å². The predicted molar refractivity (Wildman–Crippen MR) is 132 cm³/mol. The van der Waals surface area contributed by atoms with E-state index >= 15 is 0 Å². The summed E-state index contributed by atoms with van der Waals surface area (Å²) < 4.78 is 0. The molecule has 0 rings (SSSR count). The van der Waals surface area contributed by atoms with E-state index in [9.17, 15) is 24.0 Å². The summed E-state index contributed by atoms with van der Waals surface area (Å²) in [5.74, 6) is -4.79. The van der Waals surface area contributed by atoms with Crippen LogP contribution in [0.25, 0.3) is 0 Å². The molecule has 0 saturated heterocycles. The van der Waals surface area contributed by atoms with Crippen LogP contribution in [0.3, 0.4) is 0 Å². The molecule has 0 aromatic carbocycles. The van der Waals surface area contributed by atoms with Gasteiger partial charge in [0.05, 0.1) is 19.6 Å². The lowest BCUT2D eigenvalue weighted by Gasteiger charge is -2.24. The van der Waals surface area contributed by atoms with Gasteiger partial charge < -0.3 is 42.3 Å². The third-order valence-corrected chi connectivity index (χ3v) is 4.64. The number of carboxylic acid groups (broad SMARTS) is 5. The summed E-state index contributed by atoms with van der Waals surface area (Å²) in [5.41, 5.74) is 10.6. The molecule has 0 aromatic heterocycles. The molecule has 0 aliphatic carbocycles. The number of aliphatic carboxylic acids is 4. The lowest BCUT2D eigenvalue weighted by molar-refractivity contribution is -0.142. The number of carboxylic acids is 4. The van der Waals surface area contributed by atoms with Crippen LogP contribution in [0, 0.1) is 0 Å². The third kappa shape index (κ3) is 25.8. The smallest absolute Gasteiger partial charge is 0.407 e. The topological polar surface area (TPSA) is 260 Å². The fourth-order valence-corrected chi connectivity index (χ4v) is 3.05. The monoisotopic (exact) mass is 538 g/mol. The SMILES string of the molecule is NCCCNCCCN.O=C(O)CN(CCCN(CC(=O)O)CC(=O)O)CCCN(CC(=O)O)C(=O)O. The fraction of sp³-hybridized carbons (Fsp3) is 0.762. The Morgan fingerprint density at radius 2 is 0.919 bits per heavy atom. The van der Waals surface area contributed by atoms with Gasteiger partial charge in [0.2, 0.25) is 0 Å². The molecular weight excluding hydrogens is 496 g/mol. The molecule has 0 spiro atoms. The van der Waals surface area contributed by atoms with Crippen molar-refractivity contribution in [2.45, 2.75) is 25.7 Å². The lowest BCUT2D eigenvalue weighted by Crippen LogP contribution is -2.39. The van der Waals surface area contributed by atoms with E-state index in [1.807, 2.05) is 0 Å². The van der Waals surface area contributed by atoms with E-state index in [1.165, 1.54) is 9.80 Å². The summed E-state index contributed by atoms with van der Waals surface area (Å²) in [4.78, 5) is 57.4. The van der Waals surface area contributed by atoms with Crippen molar-refractivity contribution in [3.05, 3.63) is 0 Å². The van der Waals surface area contributed by atoms with Gasteiger partial charge in [0.1, 0.15) is 6.54 Å². The standard InChI is InChI=1S/C15H25N3O10.C6H17N3/c19-11(20)7-16(4-2-6-18(15(27)28)10-14(25)26)3-1-5-17(8-12(21)22)9-13(23)24;7-3-1-5-9-6-2-4-8/h1-10H2,(H,19,20)(H,21,22)(H,23,24)(H,25,26)(H,27,28);9H,1-8H2. The highest BCUT2D eigenvalue weighted by atomic mass is 16.4. The second-order valence-electron chi connectivity index (χ2n) is 8.01. The summed E-state index contributed by atoms with van der Waals surface area (Å²) in [7, 11) is 0. The molecule has 0 radical (unpaired) electrons. The van der Waals surface area contributed by atoms with Gasteiger partial charge in [0.15, 0.2) is 0 Å². The van der Waals surface area contributed by atoms with Crippen LogP contribution < -0.4 is 16.8 Å². The van der Waals surface area contributed by atoms with Crippen molar-refractivity contribution < 1.29 is 49.5 Å². The predicted octanol–water partition coefficient (Wildman–Crippen LogP) is -2.04. The molecule has 216 valence electrons. The first-order chi connectivity index (χ1) is 17.4. The molecule has 0 unspecified atom stereocenters. The van der Waals surface area contributed by atoms with E-state index in [-0.39, 0.29) is 39.1 Å². The maximum absolute atomic E-state index is 11.0. The van der Waals surface area contributed by atoms with Gasteiger partial charge in [-0.05, 0) is 58.4 Å². The first kappa shape index (κ1) is 36.1. The van der Waals surface area contributed by atoms with E-state index in [4.69, 9.17) is 37.0 Å². The second-order valence-corrected chi connectivity index (χ2v) is 8.01. The number of amides is 1. The number of hydrogen-bond donors (Lipinski definition) is 8. The lowest BCUT2D eigenvalue weighted by atomic mass is 10.3. The largest absolute Gasteiger partial charge is 0.480 e. The Kier molecular flexibility index (Phi) is 22.8. The minimum Gasteiger partial charge on any atom is -0.480 e. The molecule has 0 aliphatic heterocycles. The van der Waals surface area contributed by atoms with Crippen LogP contribution in [0.15, 0.2) is 0 Å². The summed E-state index contributed by atoms with van der Waals surface area (Å²) in [6.45, 7) is 2.05. The number of rotatable bonds is 22. The highest BCUT2D eigenvalue weighted by Gasteiger charge is 2.17. The number of nitrogens with one attached hydrogen (secondary N) is 1. The van der Waals surface area contributed by atoms with Crippen LogP contribution in [0.4, 0.5) is 4.79 Å². The van der Waals surface area contributed by atoms with Crippen molar-refractivity contribution in [3.63, 3.8) is 0 Å². The molecule has 0 fully saturated rings. The highest BCUT2D eigenvalue weighted by Crippen LogP contribution is 2.00. The Labute approximate surface area is 215 Å². The van der Waals surface area contributed by atoms with E-state index in [0.717, 1.165) is 39.0 Å². The van der Waals surface area contributed by atoms with E-state index in [0.29, 0.717) is 11.3 Å². The normalized spacial score (nSPS) is 10.6. The van der Waals surface area contributed by atoms with Gasteiger partial charge in [-0.3, -0.25) is 33.9 Å². The maximum atomic E-state index is 11.0. The molecule has 37 heavy (non-hydrogen) atoms. The molecule has 0 atom stereocenters. The number of carbonyl (C=O) groups is 5. The summed E-state index contributed by atoms with van der Waals surface area (Å²) >= 11 is 0. The first-order valence-corrected chi connectivity index (χ1v) is 11.8. The molecular formula is C21H42N6O10. The van der Waals surface area contributed by atoms with Crippen molar-refractivity contribution in [1.29, 1.82) is 0 Å². The molecule has 0 saturated carbocycles. The van der Waals surface area contributed by atoms with Crippen LogP contribution in [-0.2, 0) is 19.2 Å². The Hall–Kier alpha value is -3.05. The summed E-state index contributed by atoms with van der Waals surface area (Å²) in [5, 5.41) is 47.4. The average molecular weight is 539 g/mol. The summed E-state index contributed by atoms with van der Waals surface area (Å²) in [6, 6.07) is 0. The van der Waals surface area contributed by atoms with Gasteiger partial charge in [-0.25, -0.2) is 4.79 Å². The second kappa shape index (κ2) is 23.4. The van der Waals surface area contributed by atoms with Crippen LogP contribution in [0.5, 0.6) is 0 Å². The van der Waals surface area contributed by atoms with E-state index < -0.39 is 49.6 Å². The van der Waals surface area contributed by atoms with Crippen molar-refractivity contribution in [2.75, 3.05) is 78.5 Å². The molecule has 0 bridgehead atoms. The fourth-order valence-electron chi connectivity index (χ4n) is 3.05. The highest BCUT2D eigenvalue weighted by molar-refractivity contribution is 5.75. The van der Waals surface area contributed by atoms with Crippen molar-refractivity contribution in [3.8, 4) is 0 Å². The van der Waals surface area contributed by atoms with Gasteiger partial charge in [0, 0.05) is 19.6 Å². The number of nitrogens with two attached hydrogens (primary N) is 2. The maximum Gasteiger partial charge on any atom is 0.407 e. The van der Waals surface area contributed by atoms with Gasteiger partial charge in [0.25, 0.3) is 0 Å². The van der Waals surface area contributed by atoms with Gasteiger partial charge in [-0.2, -0.15) is 0 Å². The van der Waals surface area contributed by atoms with Crippen LogP contribution in [-0.4, -0.2) is 149 Å². The van der Waals surface area contributed by atoms with E-state index in [1.54, 1.807) is 0 Å². The molecule has 0 aromatic rings. The zero-order valence-electron chi connectivity index (χ0n) is 21.1. The molecule has 0 aliphatic rings. The minimum atomic E-state index is -1.40. The zero-order chi connectivity index (χ0) is 28.6. The molecule has 0 heterocycles. The minimum absolute atomic E-state index is 0.0953. The molecule has 10 N–H and O–H groups in total. The van der Waals surface area contributed by atoms with E-state index in [2.05, 4.69) is 5.32 Å². The third-order valence-electron chi connectivity index (χ3n) is 4.64. The Bertz CT molecular complexity index is 660. The van der Waals surface area contributed by atoms with Gasteiger partial charge in [-0.1, -0.05) is 0 Å². The number of hydrogen-bond acceptors (Lipinski definition) is 10. The quantitative estimate of drug-likeness (QED) is 0.0690. The summed E-state index contributed by atoms with van der Waals surface area (Å²) in [6.07, 6.45) is 1.21. The van der Waals surface area contributed by atoms with Crippen molar-refractivity contribution in [1.82, 2.24) is 20.0 Å². The Balaban J connectivity index is 0. The Morgan fingerprint density at radius 3 is 1.30 bits per heavy atom. The molecule has 16 nitrogen and oxygen atoms in total. The average Bonchev–Trinajstić information content (AvgIpc) is 2.77. The Morgan fingerprint density at radius 1 is 0.541 bits per heavy atom. The van der Waals surface area contributed by atoms with Crippen LogP contribution in [0.2, 0.25) is 0 Å². The molecule has 1 amide bonds. The van der Waals surface area contributed by atoms with Crippen LogP contribution in [0.1, 0.15) is 25.7 Å². The molecule has 16 heteroatoms. The number of nitrogens with zero attached hydrogens (tertiary/aromatic N) is 3. The first-order valence-electron chi connectivity index (χ1n) is 11.8. The van der Waals surface area contributed by atoms with Crippen LogP contribution >= 0.6 is 0 Å².